The molecule has 1 atom stereocenters. The molecule has 0 radical (unpaired) electrons. The van der Waals surface area contributed by atoms with Crippen LogP contribution in [0.15, 0.2) is 42.5 Å². The van der Waals surface area contributed by atoms with E-state index in [-0.39, 0.29) is 11.9 Å². The van der Waals surface area contributed by atoms with Crippen LogP contribution in [0.2, 0.25) is 0 Å². The van der Waals surface area contributed by atoms with Gasteiger partial charge in [0.25, 0.3) is 0 Å². The van der Waals surface area contributed by atoms with Gasteiger partial charge in [-0.15, -0.1) is 0 Å². The first-order valence-corrected chi connectivity index (χ1v) is 7.52. The van der Waals surface area contributed by atoms with Gasteiger partial charge in [-0.2, -0.15) is 0 Å². The number of nitrogens with one attached hydrogen (secondary N) is 1. The Morgan fingerprint density at radius 3 is 2.19 bits per heavy atom. The average molecular weight is 285 g/mol. The minimum absolute atomic E-state index is 0.0208. The van der Waals surface area contributed by atoms with E-state index in [1.54, 1.807) is 12.1 Å². The first-order chi connectivity index (χ1) is 9.99. The van der Waals surface area contributed by atoms with Crippen molar-refractivity contribution in [3.8, 4) is 0 Å². The molecule has 1 N–H and O–H groups in total. The smallest absolute Gasteiger partial charge is 0.123 e. The van der Waals surface area contributed by atoms with Crippen molar-refractivity contribution in [2.24, 2.45) is 5.92 Å². The maximum Gasteiger partial charge on any atom is 0.123 e. The van der Waals surface area contributed by atoms with E-state index < -0.39 is 0 Å². The Morgan fingerprint density at radius 2 is 1.67 bits per heavy atom. The van der Waals surface area contributed by atoms with E-state index in [4.69, 9.17) is 0 Å². The number of halogens is 1. The van der Waals surface area contributed by atoms with Crippen LogP contribution in [-0.4, -0.2) is 7.05 Å². The molecule has 21 heavy (non-hydrogen) atoms. The molecule has 0 aliphatic heterocycles. The summed E-state index contributed by atoms with van der Waals surface area (Å²) in [4.78, 5) is 0. The van der Waals surface area contributed by atoms with Gasteiger partial charge in [0.05, 0.1) is 6.04 Å². The van der Waals surface area contributed by atoms with Crippen molar-refractivity contribution in [2.75, 3.05) is 7.05 Å². The highest BCUT2D eigenvalue weighted by molar-refractivity contribution is 5.35. The van der Waals surface area contributed by atoms with Gasteiger partial charge in [0.2, 0.25) is 0 Å². The Balaban J connectivity index is 2.28. The summed E-state index contributed by atoms with van der Waals surface area (Å²) in [5.74, 6) is 0.475. The molecule has 2 rings (SSSR count). The Hall–Kier alpha value is -1.67. The summed E-state index contributed by atoms with van der Waals surface area (Å²) in [5.41, 5.74) is 4.42. The van der Waals surface area contributed by atoms with E-state index in [1.165, 1.54) is 5.56 Å². The van der Waals surface area contributed by atoms with Gasteiger partial charge in [0.15, 0.2) is 0 Å². The van der Waals surface area contributed by atoms with E-state index in [1.807, 2.05) is 20.0 Å². The van der Waals surface area contributed by atoms with E-state index in [9.17, 15) is 4.39 Å². The summed E-state index contributed by atoms with van der Waals surface area (Å²) >= 11 is 0. The van der Waals surface area contributed by atoms with Crippen LogP contribution >= 0.6 is 0 Å². The first kappa shape index (κ1) is 15.7. The zero-order valence-electron chi connectivity index (χ0n) is 13.3. The van der Waals surface area contributed by atoms with Crippen molar-refractivity contribution in [3.05, 3.63) is 70.5 Å². The quantitative estimate of drug-likeness (QED) is 0.843. The van der Waals surface area contributed by atoms with Crippen LogP contribution in [-0.2, 0) is 6.42 Å². The average Bonchev–Trinajstić information content (AvgIpc) is 2.40. The fourth-order valence-electron chi connectivity index (χ4n) is 2.77. The number of hydrogen-bond acceptors (Lipinski definition) is 1. The molecule has 2 aromatic rings. The van der Waals surface area contributed by atoms with Crippen LogP contribution in [0.5, 0.6) is 0 Å². The molecule has 0 aromatic heterocycles. The van der Waals surface area contributed by atoms with Crippen molar-refractivity contribution < 1.29 is 4.39 Å². The van der Waals surface area contributed by atoms with E-state index in [2.05, 4.69) is 43.4 Å². The van der Waals surface area contributed by atoms with Crippen LogP contribution in [0, 0.1) is 18.7 Å². The van der Waals surface area contributed by atoms with Gasteiger partial charge in [0.1, 0.15) is 5.82 Å². The lowest BCUT2D eigenvalue weighted by Gasteiger charge is -2.18. The van der Waals surface area contributed by atoms with Gasteiger partial charge in [0, 0.05) is 0 Å². The molecule has 0 saturated carbocycles. The molecule has 2 heteroatoms. The molecule has 2 aromatic carbocycles. The lowest BCUT2D eigenvalue weighted by molar-refractivity contribution is 0.615. The van der Waals surface area contributed by atoms with Gasteiger partial charge in [-0.05, 0) is 60.7 Å². The van der Waals surface area contributed by atoms with Gasteiger partial charge in [-0.1, -0.05) is 44.2 Å². The Labute approximate surface area is 127 Å². The number of benzene rings is 2. The lowest BCUT2D eigenvalue weighted by Crippen LogP contribution is -2.18. The monoisotopic (exact) mass is 285 g/mol. The van der Waals surface area contributed by atoms with Crippen LogP contribution in [0.3, 0.4) is 0 Å². The molecule has 1 unspecified atom stereocenters. The summed E-state index contributed by atoms with van der Waals surface area (Å²) in [7, 11) is 1.91. The Kier molecular flexibility index (Phi) is 5.13. The molecule has 0 heterocycles. The largest absolute Gasteiger partial charge is 0.309 e. The fraction of sp³-hybridized carbons (Fsp3) is 0.368. The second kappa shape index (κ2) is 6.86. The number of aryl methyl sites for hydroxylation is 1. The summed E-state index contributed by atoms with van der Waals surface area (Å²) in [6, 6.07) is 13.8. The highest BCUT2D eigenvalue weighted by atomic mass is 19.1. The van der Waals surface area contributed by atoms with E-state index >= 15 is 0 Å². The maximum atomic E-state index is 13.6. The third-order valence-corrected chi connectivity index (χ3v) is 3.64. The summed E-state index contributed by atoms with van der Waals surface area (Å²) in [6.07, 6.45) is 1.09. The van der Waals surface area contributed by atoms with Gasteiger partial charge in [-0.3, -0.25) is 0 Å². The minimum atomic E-state index is -0.179. The number of rotatable bonds is 5. The molecule has 0 spiro atoms. The van der Waals surface area contributed by atoms with Crippen molar-refractivity contribution in [1.82, 2.24) is 5.32 Å². The van der Waals surface area contributed by atoms with Gasteiger partial charge >= 0.3 is 0 Å². The van der Waals surface area contributed by atoms with E-state index in [0.717, 1.165) is 23.1 Å². The predicted octanol–water partition coefficient (Wildman–Crippen LogP) is 4.64. The van der Waals surface area contributed by atoms with Crippen molar-refractivity contribution >= 4 is 0 Å². The molecule has 0 amide bonds. The standard InChI is InChI=1S/C19H24FN/c1-13(2)9-15-5-7-16(8-6-15)19(21-4)17-10-14(3)11-18(20)12-17/h5-8,10-13,19,21H,9H2,1-4H3. The Morgan fingerprint density at radius 1 is 1.00 bits per heavy atom. The lowest BCUT2D eigenvalue weighted by atomic mass is 9.95. The molecule has 0 bridgehead atoms. The number of hydrogen-bond donors (Lipinski definition) is 1. The van der Waals surface area contributed by atoms with Crippen LogP contribution in [0.4, 0.5) is 4.39 Å². The zero-order chi connectivity index (χ0) is 15.4. The Bertz CT molecular complexity index is 567. The maximum absolute atomic E-state index is 13.6. The molecular weight excluding hydrogens is 261 g/mol. The molecule has 0 aliphatic rings. The highest BCUT2D eigenvalue weighted by Crippen LogP contribution is 2.24. The predicted molar refractivity (Wildman–Crippen MR) is 87.0 cm³/mol. The topological polar surface area (TPSA) is 12.0 Å². The molecule has 0 saturated heterocycles. The first-order valence-electron chi connectivity index (χ1n) is 7.52. The molecule has 0 aliphatic carbocycles. The van der Waals surface area contributed by atoms with E-state index in [0.29, 0.717) is 5.92 Å². The van der Waals surface area contributed by atoms with Crippen molar-refractivity contribution in [1.29, 1.82) is 0 Å². The molecular formula is C19H24FN. The third-order valence-electron chi connectivity index (χ3n) is 3.64. The van der Waals surface area contributed by atoms with Crippen LogP contribution in [0.25, 0.3) is 0 Å². The SMILES string of the molecule is CNC(c1ccc(CC(C)C)cc1)c1cc(C)cc(F)c1. The van der Waals surface area contributed by atoms with Crippen molar-refractivity contribution in [3.63, 3.8) is 0 Å². The van der Waals surface area contributed by atoms with Gasteiger partial charge < -0.3 is 5.32 Å². The minimum Gasteiger partial charge on any atom is -0.309 e. The molecule has 0 fully saturated rings. The summed E-state index contributed by atoms with van der Waals surface area (Å²) in [5, 5.41) is 3.28. The summed E-state index contributed by atoms with van der Waals surface area (Å²) in [6.45, 7) is 6.37. The summed E-state index contributed by atoms with van der Waals surface area (Å²) < 4.78 is 13.6. The second-order valence-corrected chi connectivity index (χ2v) is 6.12. The van der Waals surface area contributed by atoms with Gasteiger partial charge in [-0.25, -0.2) is 4.39 Å². The molecule has 112 valence electrons. The van der Waals surface area contributed by atoms with Crippen molar-refractivity contribution in [2.45, 2.75) is 33.2 Å². The third kappa shape index (κ3) is 4.15. The normalized spacial score (nSPS) is 12.7. The highest BCUT2D eigenvalue weighted by Gasteiger charge is 2.13. The second-order valence-electron chi connectivity index (χ2n) is 6.12. The van der Waals surface area contributed by atoms with Crippen LogP contribution in [0.1, 0.15) is 42.1 Å². The van der Waals surface area contributed by atoms with Crippen LogP contribution < -0.4 is 5.32 Å². The fourth-order valence-corrected chi connectivity index (χ4v) is 2.77. The zero-order valence-corrected chi connectivity index (χ0v) is 13.3. The molecule has 1 nitrogen and oxygen atoms in total.